The Labute approximate surface area is 183 Å². The number of amides is 2. The maximum atomic E-state index is 12.9. The minimum absolute atomic E-state index is 0.0967. The zero-order chi connectivity index (χ0) is 22.5. The lowest BCUT2D eigenvalue weighted by Gasteiger charge is -2.15. The number of phenols is 1. The number of nitrogens with zero attached hydrogens (tertiary/aromatic N) is 2. The third-order valence-electron chi connectivity index (χ3n) is 4.92. The number of fused-ring (bicyclic) bond motifs is 1. The van der Waals surface area contributed by atoms with Crippen LogP contribution in [0.3, 0.4) is 0 Å². The Balaban J connectivity index is 1.59. The van der Waals surface area contributed by atoms with Crippen molar-refractivity contribution >= 4 is 28.4 Å². The van der Waals surface area contributed by atoms with Crippen molar-refractivity contribution in [3.63, 3.8) is 0 Å². The zero-order valence-electron chi connectivity index (χ0n) is 16.9. The van der Waals surface area contributed by atoms with Crippen molar-refractivity contribution in [1.29, 1.82) is 0 Å². The van der Waals surface area contributed by atoms with Crippen LogP contribution in [0.5, 0.6) is 11.6 Å². The van der Waals surface area contributed by atoms with Crippen LogP contribution in [-0.2, 0) is 11.2 Å². The largest absolute Gasteiger partial charge is 0.508 e. The molecule has 0 aliphatic heterocycles. The van der Waals surface area contributed by atoms with E-state index in [0.29, 0.717) is 16.5 Å². The number of nitrogens with one attached hydrogen (secondary N) is 2. The van der Waals surface area contributed by atoms with E-state index in [4.69, 9.17) is 0 Å². The molecule has 0 spiro atoms. The number of carbonyl (C=O) groups is 2. The summed E-state index contributed by atoms with van der Waals surface area (Å²) < 4.78 is 0. The SMILES string of the molecule is O=C(N[C@@H](Cc1ccc(O)cc1)C(=O)N=Nc1c(O)[nH]c2ccccc12)c1ccccc1. The highest BCUT2D eigenvalue weighted by Crippen LogP contribution is 2.35. The lowest BCUT2D eigenvalue weighted by molar-refractivity contribution is -0.120. The van der Waals surface area contributed by atoms with Crippen molar-refractivity contribution in [3.8, 4) is 11.6 Å². The molecular weight excluding hydrogens is 408 g/mol. The van der Waals surface area contributed by atoms with Crippen LogP contribution in [0.4, 0.5) is 5.69 Å². The molecule has 1 aromatic heterocycles. The van der Waals surface area contributed by atoms with Crippen molar-refractivity contribution in [2.75, 3.05) is 0 Å². The van der Waals surface area contributed by atoms with Crippen molar-refractivity contribution in [2.24, 2.45) is 10.2 Å². The Kier molecular flexibility index (Phi) is 5.94. The fourth-order valence-corrected chi connectivity index (χ4v) is 3.28. The predicted octanol–water partition coefficient (Wildman–Crippen LogP) is 4.23. The van der Waals surface area contributed by atoms with Crippen molar-refractivity contribution in [2.45, 2.75) is 12.5 Å². The molecule has 8 heteroatoms. The number of aromatic amines is 1. The van der Waals surface area contributed by atoms with Gasteiger partial charge in [-0.2, -0.15) is 0 Å². The molecule has 0 saturated carbocycles. The van der Waals surface area contributed by atoms with Crippen LogP contribution < -0.4 is 5.32 Å². The second-order valence-corrected chi connectivity index (χ2v) is 7.17. The molecule has 160 valence electrons. The predicted molar refractivity (Wildman–Crippen MR) is 119 cm³/mol. The summed E-state index contributed by atoms with van der Waals surface area (Å²) in [6, 6.07) is 21.0. The Bertz CT molecular complexity index is 1280. The molecule has 0 aliphatic rings. The van der Waals surface area contributed by atoms with E-state index in [-0.39, 0.29) is 23.7 Å². The molecular formula is C24H20N4O4. The van der Waals surface area contributed by atoms with E-state index in [2.05, 4.69) is 20.5 Å². The first-order valence-electron chi connectivity index (χ1n) is 9.90. The van der Waals surface area contributed by atoms with Crippen LogP contribution in [0.1, 0.15) is 15.9 Å². The Morgan fingerprint density at radius 2 is 1.59 bits per heavy atom. The topological polar surface area (TPSA) is 127 Å². The lowest BCUT2D eigenvalue weighted by Crippen LogP contribution is -2.41. The van der Waals surface area contributed by atoms with Crippen LogP contribution in [0.15, 0.2) is 89.1 Å². The molecule has 4 rings (SSSR count). The van der Waals surface area contributed by atoms with E-state index < -0.39 is 17.9 Å². The first-order chi connectivity index (χ1) is 15.5. The maximum Gasteiger partial charge on any atom is 0.287 e. The molecule has 2 amide bonds. The van der Waals surface area contributed by atoms with Gasteiger partial charge in [-0.15, -0.1) is 10.2 Å². The van der Waals surface area contributed by atoms with Crippen molar-refractivity contribution in [3.05, 3.63) is 90.0 Å². The quantitative estimate of drug-likeness (QED) is 0.343. The Morgan fingerprint density at radius 1 is 0.906 bits per heavy atom. The summed E-state index contributed by atoms with van der Waals surface area (Å²) in [6.45, 7) is 0. The van der Waals surface area contributed by atoms with Gasteiger partial charge in [-0.1, -0.05) is 48.5 Å². The molecule has 1 heterocycles. The third kappa shape index (κ3) is 4.65. The molecule has 8 nitrogen and oxygen atoms in total. The summed E-state index contributed by atoms with van der Waals surface area (Å²) in [6.07, 6.45) is 0.149. The highest BCUT2D eigenvalue weighted by molar-refractivity contribution is 5.98. The molecule has 32 heavy (non-hydrogen) atoms. The van der Waals surface area contributed by atoms with E-state index in [9.17, 15) is 19.8 Å². The van der Waals surface area contributed by atoms with E-state index in [1.807, 2.05) is 0 Å². The minimum Gasteiger partial charge on any atom is -0.508 e. The van der Waals surface area contributed by atoms with E-state index >= 15 is 0 Å². The molecule has 0 bridgehead atoms. The lowest BCUT2D eigenvalue weighted by atomic mass is 10.0. The van der Waals surface area contributed by atoms with Crippen molar-refractivity contribution < 1.29 is 19.8 Å². The van der Waals surface area contributed by atoms with Gasteiger partial charge in [-0.05, 0) is 35.9 Å². The van der Waals surface area contributed by atoms with Gasteiger partial charge in [0.25, 0.3) is 11.8 Å². The second-order valence-electron chi connectivity index (χ2n) is 7.17. The molecule has 0 saturated heterocycles. The highest BCUT2D eigenvalue weighted by atomic mass is 16.3. The van der Waals surface area contributed by atoms with E-state index in [0.717, 1.165) is 5.56 Å². The normalized spacial score (nSPS) is 12.1. The Hall–Kier alpha value is -4.46. The minimum atomic E-state index is -0.997. The number of hydrogen-bond donors (Lipinski definition) is 4. The summed E-state index contributed by atoms with van der Waals surface area (Å²) in [5.41, 5.74) is 1.93. The molecule has 0 fully saturated rings. The van der Waals surface area contributed by atoms with Crippen LogP contribution >= 0.6 is 0 Å². The summed E-state index contributed by atoms with van der Waals surface area (Å²) in [4.78, 5) is 28.3. The maximum absolute atomic E-state index is 12.9. The molecule has 0 aliphatic carbocycles. The molecule has 0 radical (unpaired) electrons. The molecule has 1 atom stereocenters. The number of aromatic nitrogens is 1. The third-order valence-corrected chi connectivity index (χ3v) is 4.92. The van der Waals surface area contributed by atoms with Gasteiger partial charge in [-0.25, -0.2) is 0 Å². The number of benzene rings is 3. The summed E-state index contributed by atoms with van der Waals surface area (Å²) in [5, 5.41) is 30.7. The van der Waals surface area contributed by atoms with E-state index in [1.54, 1.807) is 66.7 Å². The van der Waals surface area contributed by atoms with Gasteiger partial charge in [0.2, 0.25) is 5.88 Å². The number of para-hydroxylation sites is 1. The summed E-state index contributed by atoms with van der Waals surface area (Å²) in [5.74, 6) is -1.20. The fourth-order valence-electron chi connectivity index (χ4n) is 3.28. The number of azo groups is 1. The van der Waals surface area contributed by atoms with Gasteiger partial charge < -0.3 is 20.5 Å². The van der Waals surface area contributed by atoms with E-state index in [1.165, 1.54) is 12.1 Å². The molecule has 4 N–H and O–H groups in total. The smallest absolute Gasteiger partial charge is 0.287 e. The van der Waals surface area contributed by atoms with Gasteiger partial charge in [0.15, 0.2) is 5.69 Å². The van der Waals surface area contributed by atoms with Gasteiger partial charge in [0.1, 0.15) is 11.8 Å². The van der Waals surface area contributed by atoms with Gasteiger partial charge in [-0.3, -0.25) is 9.59 Å². The first kappa shape index (κ1) is 20.8. The number of phenolic OH excluding ortho intramolecular Hbond substituents is 1. The summed E-state index contributed by atoms with van der Waals surface area (Å²) >= 11 is 0. The molecule has 4 aromatic rings. The average molecular weight is 428 g/mol. The van der Waals surface area contributed by atoms with Gasteiger partial charge in [0.05, 0.1) is 5.52 Å². The van der Waals surface area contributed by atoms with Crippen molar-refractivity contribution in [1.82, 2.24) is 10.3 Å². The van der Waals surface area contributed by atoms with Crippen LogP contribution in [0.2, 0.25) is 0 Å². The number of hydrogen-bond acceptors (Lipinski definition) is 5. The molecule has 3 aromatic carbocycles. The van der Waals surface area contributed by atoms with Gasteiger partial charge >= 0.3 is 0 Å². The number of aromatic hydroxyl groups is 2. The fraction of sp³-hybridized carbons (Fsp3) is 0.0833. The molecule has 0 unspecified atom stereocenters. The second kappa shape index (κ2) is 9.13. The highest BCUT2D eigenvalue weighted by Gasteiger charge is 2.22. The van der Waals surface area contributed by atoms with Crippen LogP contribution in [0.25, 0.3) is 10.9 Å². The number of carbonyl (C=O) groups excluding carboxylic acids is 2. The number of rotatable bonds is 6. The summed E-state index contributed by atoms with van der Waals surface area (Å²) in [7, 11) is 0. The van der Waals surface area contributed by atoms with Gasteiger partial charge in [0, 0.05) is 17.4 Å². The first-order valence-corrected chi connectivity index (χ1v) is 9.90. The monoisotopic (exact) mass is 428 g/mol. The average Bonchev–Trinajstić information content (AvgIpc) is 3.13. The van der Waals surface area contributed by atoms with Crippen LogP contribution in [0, 0.1) is 0 Å². The zero-order valence-corrected chi connectivity index (χ0v) is 16.9. The number of H-pyrrole nitrogens is 1. The Morgan fingerprint density at radius 3 is 2.34 bits per heavy atom. The standard InChI is InChI=1S/C24H20N4O4/c29-17-12-10-15(11-13-17)14-20(26-22(30)16-6-2-1-3-7-16)23(31)28-27-21-18-8-4-5-9-19(18)25-24(21)32/h1-13,20,25,29,32H,14H2,(H,26,30)/t20-/m0/s1. The van der Waals surface area contributed by atoms with Crippen LogP contribution in [-0.4, -0.2) is 33.1 Å².